The number of carbonyl (C=O) groups excluding carboxylic acids is 2. The van der Waals surface area contributed by atoms with Gasteiger partial charge >= 0.3 is 0 Å². The Labute approximate surface area is 140 Å². The van der Waals surface area contributed by atoms with Crippen molar-refractivity contribution in [1.29, 1.82) is 0 Å². The van der Waals surface area contributed by atoms with Crippen LogP contribution in [0, 0.1) is 18.2 Å². The van der Waals surface area contributed by atoms with Gasteiger partial charge in [0.2, 0.25) is 5.91 Å². The van der Waals surface area contributed by atoms with Crippen LogP contribution in [0.1, 0.15) is 31.7 Å². The number of benzene rings is 1. The van der Waals surface area contributed by atoms with Crippen LogP contribution >= 0.6 is 0 Å². The molecule has 1 rings (SSSR count). The number of halogens is 2. The second-order valence-electron chi connectivity index (χ2n) is 6.07. The van der Waals surface area contributed by atoms with E-state index < -0.39 is 29.5 Å². The summed E-state index contributed by atoms with van der Waals surface area (Å²) >= 11 is 0. The van der Waals surface area contributed by atoms with Gasteiger partial charge in [0.25, 0.3) is 5.91 Å². The van der Waals surface area contributed by atoms with Crippen LogP contribution in [0.5, 0.6) is 0 Å². The van der Waals surface area contributed by atoms with Gasteiger partial charge in [-0.25, -0.2) is 8.78 Å². The molecule has 0 saturated carbocycles. The van der Waals surface area contributed by atoms with Gasteiger partial charge < -0.3 is 16.6 Å². The second-order valence-corrected chi connectivity index (χ2v) is 6.07. The van der Waals surface area contributed by atoms with Gasteiger partial charge in [0.15, 0.2) is 5.67 Å². The summed E-state index contributed by atoms with van der Waals surface area (Å²) in [4.78, 5) is 22.4. The van der Waals surface area contributed by atoms with E-state index in [0.717, 1.165) is 12.5 Å². The zero-order valence-electron chi connectivity index (χ0n) is 13.5. The molecule has 0 aliphatic carbocycles. The van der Waals surface area contributed by atoms with E-state index in [1.165, 1.54) is 12.1 Å². The van der Waals surface area contributed by atoms with Gasteiger partial charge in [-0.2, -0.15) is 0 Å². The van der Waals surface area contributed by atoms with Gasteiger partial charge in [0.05, 0.1) is 6.10 Å². The number of amides is 2. The standard InChI is InChI=1S/C17H23F2N2O3/c1-17(19,16(21)24)9-8-12(15(20)23)10-14(22)7-4-11-2-5-13(18)6-3-11/h2-3,5-7,12,14,22H,4,8-10H2,1H3,(H2,20,23)(H2,21,24). The Morgan fingerprint density at radius 3 is 2.38 bits per heavy atom. The molecule has 0 aliphatic heterocycles. The number of hydrogen-bond acceptors (Lipinski definition) is 3. The normalized spacial score (nSPS) is 16.2. The number of carbonyl (C=O) groups is 2. The van der Waals surface area contributed by atoms with Gasteiger partial charge in [0, 0.05) is 5.92 Å². The summed E-state index contributed by atoms with van der Waals surface area (Å²) in [6.07, 6.45) is 0.784. The van der Waals surface area contributed by atoms with E-state index in [9.17, 15) is 23.5 Å². The molecule has 5 N–H and O–H groups in total. The minimum absolute atomic E-state index is 0.00667. The molecule has 0 aromatic heterocycles. The molecule has 0 heterocycles. The van der Waals surface area contributed by atoms with Crippen molar-refractivity contribution in [2.75, 3.05) is 0 Å². The first-order valence-electron chi connectivity index (χ1n) is 7.66. The smallest absolute Gasteiger partial charge is 0.254 e. The average Bonchev–Trinajstić information content (AvgIpc) is 2.50. The fourth-order valence-corrected chi connectivity index (χ4v) is 2.23. The van der Waals surface area contributed by atoms with Gasteiger partial charge in [-0.3, -0.25) is 9.59 Å². The molecule has 2 amide bonds. The van der Waals surface area contributed by atoms with Gasteiger partial charge in [0.1, 0.15) is 5.82 Å². The van der Waals surface area contributed by atoms with Crippen LogP contribution in [-0.4, -0.2) is 28.7 Å². The van der Waals surface area contributed by atoms with Crippen molar-refractivity contribution < 1.29 is 23.5 Å². The fraction of sp³-hybridized carbons (Fsp3) is 0.471. The van der Waals surface area contributed by atoms with Crippen LogP contribution in [-0.2, 0) is 16.0 Å². The molecule has 0 saturated heterocycles. The summed E-state index contributed by atoms with van der Waals surface area (Å²) < 4.78 is 26.7. The Morgan fingerprint density at radius 2 is 1.88 bits per heavy atom. The molecule has 5 nitrogen and oxygen atoms in total. The van der Waals surface area contributed by atoms with E-state index >= 15 is 0 Å². The van der Waals surface area contributed by atoms with Crippen LogP contribution in [0.2, 0.25) is 0 Å². The lowest BCUT2D eigenvalue weighted by molar-refractivity contribution is -0.130. The van der Waals surface area contributed by atoms with E-state index in [1.54, 1.807) is 18.6 Å². The van der Waals surface area contributed by atoms with E-state index in [4.69, 9.17) is 11.5 Å². The molecule has 1 radical (unpaired) electrons. The topological polar surface area (TPSA) is 106 Å². The Balaban J connectivity index is 2.50. The van der Waals surface area contributed by atoms with Gasteiger partial charge in [-0.05, 0) is 56.7 Å². The molecule has 0 spiro atoms. The molecular weight excluding hydrogens is 318 g/mol. The number of aliphatic hydroxyl groups excluding tert-OH is 1. The summed E-state index contributed by atoms with van der Waals surface area (Å²) in [5.41, 5.74) is 8.79. The first kappa shape index (κ1) is 20.0. The van der Waals surface area contributed by atoms with Gasteiger partial charge in [-0.1, -0.05) is 12.1 Å². The van der Waals surface area contributed by atoms with E-state index in [-0.39, 0.29) is 25.1 Å². The predicted octanol–water partition coefficient (Wildman–Crippen LogP) is 1.42. The van der Waals surface area contributed by atoms with Crippen molar-refractivity contribution in [3.63, 3.8) is 0 Å². The zero-order chi connectivity index (χ0) is 18.3. The van der Waals surface area contributed by atoms with E-state index in [1.807, 2.05) is 0 Å². The maximum atomic E-state index is 13.8. The van der Waals surface area contributed by atoms with Crippen molar-refractivity contribution >= 4 is 11.8 Å². The van der Waals surface area contributed by atoms with Crippen LogP contribution in [0.25, 0.3) is 0 Å². The number of nitrogens with two attached hydrogens (primary N) is 2. The summed E-state index contributed by atoms with van der Waals surface area (Å²) in [7, 11) is 0. The molecule has 3 unspecified atom stereocenters. The van der Waals surface area contributed by atoms with E-state index in [0.29, 0.717) is 6.42 Å². The Morgan fingerprint density at radius 1 is 1.29 bits per heavy atom. The highest BCUT2D eigenvalue weighted by Gasteiger charge is 2.32. The van der Waals surface area contributed by atoms with Crippen molar-refractivity contribution in [3.05, 3.63) is 42.1 Å². The van der Waals surface area contributed by atoms with Crippen molar-refractivity contribution in [3.8, 4) is 0 Å². The molecule has 0 aliphatic rings. The van der Waals surface area contributed by atoms with Crippen molar-refractivity contribution in [2.24, 2.45) is 17.4 Å². The number of alkyl halides is 1. The van der Waals surface area contributed by atoms with Crippen LogP contribution < -0.4 is 11.5 Å². The van der Waals surface area contributed by atoms with E-state index in [2.05, 4.69) is 0 Å². The molecule has 7 heteroatoms. The Kier molecular flexibility index (Phi) is 7.28. The third-order valence-corrected chi connectivity index (χ3v) is 3.94. The Bertz CT molecular complexity index is 561. The SMILES string of the molecule is CC(F)(CCC(CC(O)[CH]Cc1ccc(F)cc1)C(N)=O)C(N)=O. The molecular formula is C17H23F2N2O3. The third-order valence-electron chi connectivity index (χ3n) is 3.94. The molecule has 0 fully saturated rings. The predicted molar refractivity (Wildman–Crippen MR) is 85.7 cm³/mol. The Hall–Kier alpha value is -2.02. The lowest BCUT2D eigenvalue weighted by Crippen LogP contribution is -2.38. The largest absolute Gasteiger partial charge is 0.393 e. The molecule has 24 heavy (non-hydrogen) atoms. The number of aliphatic hydroxyl groups is 1. The highest BCUT2D eigenvalue weighted by atomic mass is 19.1. The lowest BCUT2D eigenvalue weighted by Gasteiger charge is -2.21. The first-order chi connectivity index (χ1) is 11.1. The zero-order valence-corrected chi connectivity index (χ0v) is 13.5. The third kappa shape index (κ3) is 6.62. The fourth-order valence-electron chi connectivity index (χ4n) is 2.23. The quantitative estimate of drug-likeness (QED) is 0.599. The number of primary amides is 2. The van der Waals surface area contributed by atoms with Crippen LogP contribution in [0.3, 0.4) is 0 Å². The molecule has 1 aromatic carbocycles. The van der Waals surface area contributed by atoms with Crippen LogP contribution in [0.4, 0.5) is 8.78 Å². The molecule has 1 aromatic rings. The molecule has 3 atom stereocenters. The molecule has 0 bridgehead atoms. The van der Waals surface area contributed by atoms with Crippen molar-refractivity contribution in [2.45, 2.75) is 44.4 Å². The summed E-state index contributed by atoms with van der Waals surface area (Å²) in [5.74, 6) is -2.91. The number of hydrogen-bond donors (Lipinski definition) is 3. The van der Waals surface area contributed by atoms with Crippen molar-refractivity contribution in [1.82, 2.24) is 0 Å². The average molecular weight is 341 g/mol. The van der Waals surface area contributed by atoms with Crippen LogP contribution in [0.15, 0.2) is 24.3 Å². The monoisotopic (exact) mass is 341 g/mol. The maximum Gasteiger partial charge on any atom is 0.254 e. The minimum atomic E-state index is -2.23. The minimum Gasteiger partial charge on any atom is -0.393 e. The first-order valence-corrected chi connectivity index (χ1v) is 7.66. The molecule has 133 valence electrons. The van der Waals surface area contributed by atoms with Gasteiger partial charge in [-0.15, -0.1) is 0 Å². The summed E-state index contributed by atoms with van der Waals surface area (Å²) in [5, 5.41) is 10.0. The maximum absolute atomic E-state index is 13.8. The highest BCUT2D eigenvalue weighted by molar-refractivity contribution is 5.83. The lowest BCUT2D eigenvalue weighted by atomic mass is 9.89. The number of rotatable bonds is 10. The second kappa shape index (κ2) is 8.73. The summed E-state index contributed by atoms with van der Waals surface area (Å²) in [6.45, 7) is 1.05. The summed E-state index contributed by atoms with van der Waals surface area (Å²) in [6, 6.07) is 5.80. The highest BCUT2D eigenvalue weighted by Crippen LogP contribution is 2.23.